The van der Waals surface area contributed by atoms with Crippen LogP contribution in [0.25, 0.3) is 10.1 Å². The molecule has 0 aliphatic rings. The molecule has 0 aliphatic heterocycles. The van der Waals surface area contributed by atoms with Crippen molar-refractivity contribution in [2.75, 3.05) is 14.2 Å². The van der Waals surface area contributed by atoms with E-state index >= 15 is 0 Å². The predicted molar refractivity (Wildman–Crippen MR) is 116 cm³/mol. The average Bonchev–Trinajstić information content (AvgIpc) is 3.11. The number of hydrogen-bond acceptors (Lipinski definition) is 6. The fourth-order valence-corrected chi connectivity index (χ4v) is 4.15. The lowest BCUT2D eigenvalue weighted by molar-refractivity contribution is 0.0846. The van der Waals surface area contributed by atoms with E-state index in [1.807, 2.05) is 13.8 Å². The second-order valence-electron chi connectivity index (χ2n) is 6.90. The highest BCUT2D eigenvalue weighted by atomic mass is 32.1. The van der Waals surface area contributed by atoms with E-state index < -0.39 is 17.6 Å². The molecule has 9 heteroatoms. The Bertz CT molecular complexity index is 1110. The molecule has 0 spiro atoms. The van der Waals surface area contributed by atoms with Gasteiger partial charge in [-0.15, -0.1) is 11.3 Å². The van der Waals surface area contributed by atoms with Gasteiger partial charge in [-0.1, -0.05) is 6.07 Å². The number of rotatable bonds is 7. The molecule has 0 unspecified atom stereocenters. The molecule has 3 aromatic rings. The number of carbonyl (C=O) groups is 2. The van der Waals surface area contributed by atoms with Crippen molar-refractivity contribution in [2.45, 2.75) is 26.6 Å². The topological polar surface area (TPSA) is 85.9 Å². The van der Waals surface area contributed by atoms with Crippen molar-refractivity contribution in [1.82, 2.24) is 10.9 Å². The van der Waals surface area contributed by atoms with Crippen molar-refractivity contribution in [3.63, 3.8) is 0 Å². The summed E-state index contributed by atoms with van der Waals surface area (Å²) in [7, 11) is 2.94. The second-order valence-corrected chi connectivity index (χ2v) is 7.95. The first-order chi connectivity index (χ1) is 14.8. The lowest BCUT2D eigenvalue weighted by atomic mass is 10.1. The van der Waals surface area contributed by atoms with Crippen molar-refractivity contribution < 1.29 is 28.2 Å². The Morgan fingerprint density at radius 3 is 2.48 bits per heavy atom. The normalized spacial score (nSPS) is 10.9. The molecule has 31 heavy (non-hydrogen) atoms. The molecule has 2 amide bonds. The van der Waals surface area contributed by atoms with Crippen molar-refractivity contribution in [3.05, 3.63) is 58.2 Å². The summed E-state index contributed by atoms with van der Waals surface area (Å²) in [6, 6.07) is 9.34. The van der Waals surface area contributed by atoms with Crippen LogP contribution in [0.3, 0.4) is 0 Å². The number of amides is 2. The lowest BCUT2D eigenvalue weighted by Crippen LogP contribution is -2.41. The van der Waals surface area contributed by atoms with Crippen LogP contribution in [-0.2, 0) is 11.3 Å². The summed E-state index contributed by atoms with van der Waals surface area (Å²) in [6.07, 6.45) is -0.0553. The molecule has 3 rings (SSSR count). The zero-order valence-corrected chi connectivity index (χ0v) is 18.4. The summed E-state index contributed by atoms with van der Waals surface area (Å²) in [4.78, 5) is 25.5. The molecule has 2 aromatic carbocycles. The quantitative estimate of drug-likeness (QED) is 0.535. The van der Waals surface area contributed by atoms with Crippen molar-refractivity contribution in [3.8, 4) is 11.5 Å². The molecule has 0 bridgehead atoms. The van der Waals surface area contributed by atoms with E-state index in [1.165, 1.54) is 26.4 Å². The highest BCUT2D eigenvalue weighted by molar-refractivity contribution is 7.21. The monoisotopic (exact) mass is 446 g/mol. The molecule has 0 atom stereocenters. The SMILES string of the molecule is COCc1c(C(=O)NNC(=O)c2ccc(OC(C)C)c(OC)c2)sc2cccc(F)c12. The Balaban J connectivity index is 1.77. The molecule has 0 aliphatic carbocycles. The minimum Gasteiger partial charge on any atom is -0.493 e. The molecule has 1 aromatic heterocycles. The van der Waals surface area contributed by atoms with E-state index in [9.17, 15) is 14.0 Å². The minimum atomic E-state index is -0.562. The first-order valence-corrected chi connectivity index (χ1v) is 10.3. The van der Waals surface area contributed by atoms with Gasteiger partial charge in [0.25, 0.3) is 11.8 Å². The average molecular weight is 447 g/mol. The standard InChI is InChI=1S/C22H23FN2O5S/c1-12(2)30-16-9-8-13(10-17(16)29-4)21(26)24-25-22(27)20-14(11-28-3)19-15(23)6-5-7-18(19)31-20/h5-10,12H,11H2,1-4H3,(H,24,26)(H,25,27). The van der Waals surface area contributed by atoms with Crippen LogP contribution >= 0.6 is 11.3 Å². The smallest absolute Gasteiger partial charge is 0.280 e. The fraction of sp³-hybridized carbons (Fsp3) is 0.273. The molecule has 0 saturated heterocycles. The Morgan fingerprint density at radius 1 is 1.06 bits per heavy atom. The Kier molecular flexibility index (Phi) is 7.09. The van der Waals surface area contributed by atoms with Gasteiger partial charge >= 0.3 is 0 Å². The summed E-state index contributed by atoms with van der Waals surface area (Å²) in [5.41, 5.74) is 5.46. The number of carbonyl (C=O) groups excluding carboxylic acids is 2. The number of halogens is 1. The van der Waals surface area contributed by atoms with Crippen molar-refractivity contribution in [2.24, 2.45) is 0 Å². The van der Waals surface area contributed by atoms with Gasteiger partial charge in [-0.25, -0.2) is 4.39 Å². The van der Waals surface area contributed by atoms with Gasteiger partial charge in [-0.2, -0.15) is 0 Å². The first kappa shape index (κ1) is 22.5. The van der Waals surface area contributed by atoms with Crippen LogP contribution < -0.4 is 20.3 Å². The maximum Gasteiger partial charge on any atom is 0.280 e. The maximum absolute atomic E-state index is 14.3. The molecular formula is C22H23FN2O5S. The number of fused-ring (bicyclic) bond motifs is 1. The lowest BCUT2D eigenvalue weighted by Gasteiger charge is -2.14. The first-order valence-electron chi connectivity index (χ1n) is 9.49. The third kappa shape index (κ3) is 4.95. The number of benzene rings is 2. The number of methoxy groups -OCH3 is 2. The van der Waals surface area contributed by atoms with Gasteiger partial charge in [-0.05, 0) is 44.2 Å². The molecule has 0 saturated carbocycles. The zero-order valence-electron chi connectivity index (χ0n) is 17.6. The molecule has 7 nitrogen and oxygen atoms in total. The van der Waals surface area contributed by atoms with Crippen molar-refractivity contribution >= 4 is 33.2 Å². The van der Waals surface area contributed by atoms with Gasteiger partial charge in [0.05, 0.1) is 19.8 Å². The fourth-order valence-electron chi connectivity index (χ4n) is 3.04. The highest BCUT2D eigenvalue weighted by Crippen LogP contribution is 2.34. The molecule has 0 radical (unpaired) electrons. The van der Waals surface area contributed by atoms with Crippen LogP contribution in [0.15, 0.2) is 36.4 Å². The third-order valence-electron chi connectivity index (χ3n) is 4.34. The summed E-state index contributed by atoms with van der Waals surface area (Å²) in [6.45, 7) is 3.83. The van der Waals surface area contributed by atoms with Crippen LogP contribution in [0.4, 0.5) is 4.39 Å². The second kappa shape index (κ2) is 9.76. The van der Waals surface area contributed by atoms with Gasteiger partial charge in [-0.3, -0.25) is 20.4 Å². The third-order valence-corrected chi connectivity index (χ3v) is 5.53. The number of hydrazine groups is 1. The van der Waals surface area contributed by atoms with E-state index in [0.717, 1.165) is 11.3 Å². The van der Waals surface area contributed by atoms with E-state index in [-0.39, 0.29) is 23.2 Å². The van der Waals surface area contributed by atoms with Crippen LogP contribution in [-0.4, -0.2) is 32.1 Å². The Morgan fingerprint density at radius 2 is 1.81 bits per heavy atom. The van der Waals surface area contributed by atoms with Crippen LogP contribution in [0.5, 0.6) is 11.5 Å². The van der Waals surface area contributed by atoms with Gasteiger partial charge in [0.2, 0.25) is 0 Å². The zero-order chi connectivity index (χ0) is 22.5. The Hall–Kier alpha value is -3.17. The van der Waals surface area contributed by atoms with E-state index in [2.05, 4.69) is 10.9 Å². The summed E-state index contributed by atoms with van der Waals surface area (Å²) < 4.78 is 31.0. The van der Waals surface area contributed by atoms with E-state index in [0.29, 0.717) is 27.1 Å². The summed E-state index contributed by atoms with van der Waals surface area (Å²) >= 11 is 1.13. The molecule has 2 N–H and O–H groups in total. The van der Waals surface area contributed by atoms with Crippen molar-refractivity contribution in [1.29, 1.82) is 0 Å². The molecule has 0 fully saturated rings. The van der Waals surface area contributed by atoms with Gasteiger partial charge in [0, 0.05) is 28.3 Å². The minimum absolute atomic E-state index is 0.0553. The van der Waals surface area contributed by atoms with Gasteiger partial charge in [0.1, 0.15) is 10.7 Å². The van der Waals surface area contributed by atoms with Gasteiger partial charge in [0.15, 0.2) is 11.5 Å². The molecule has 164 valence electrons. The number of ether oxygens (including phenoxy) is 3. The van der Waals surface area contributed by atoms with Crippen LogP contribution in [0, 0.1) is 5.82 Å². The summed E-state index contributed by atoms with van der Waals surface area (Å²) in [5.74, 6) is -0.625. The maximum atomic E-state index is 14.3. The number of nitrogens with one attached hydrogen (secondary N) is 2. The summed E-state index contributed by atoms with van der Waals surface area (Å²) in [5, 5.41) is 0.344. The largest absolute Gasteiger partial charge is 0.493 e. The van der Waals surface area contributed by atoms with Gasteiger partial charge < -0.3 is 14.2 Å². The van der Waals surface area contributed by atoms with Crippen LogP contribution in [0.1, 0.15) is 39.4 Å². The predicted octanol–water partition coefficient (Wildman–Crippen LogP) is 4.06. The Labute approximate surface area is 183 Å². The number of thiophene rings is 1. The molecular weight excluding hydrogens is 423 g/mol. The van der Waals surface area contributed by atoms with E-state index in [1.54, 1.807) is 24.3 Å². The number of hydrogen-bond donors (Lipinski definition) is 2. The van der Waals surface area contributed by atoms with Crippen LogP contribution in [0.2, 0.25) is 0 Å². The van der Waals surface area contributed by atoms with E-state index in [4.69, 9.17) is 14.2 Å². The molecule has 1 heterocycles. The highest BCUT2D eigenvalue weighted by Gasteiger charge is 2.21.